The van der Waals surface area contributed by atoms with Gasteiger partial charge in [0, 0.05) is 41.9 Å². The molecule has 4 nitrogen and oxygen atoms in total. The zero-order valence-electron chi connectivity index (χ0n) is 13.5. The Morgan fingerprint density at radius 1 is 1.29 bits per heavy atom. The van der Waals surface area contributed by atoms with Gasteiger partial charge in [-0.15, -0.1) is 0 Å². The third-order valence-electron chi connectivity index (χ3n) is 4.33. The number of nitrogens with one attached hydrogen (secondary N) is 1. The summed E-state index contributed by atoms with van der Waals surface area (Å²) in [5.74, 6) is 1.07. The van der Waals surface area contributed by atoms with Crippen molar-refractivity contribution in [2.75, 3.05) is 13.2 Å². The molecule has 1 aliphatic rings. The molecule has 5 heteroatoms. The van der Waals surface area contributed by atoms with E-state index in [1.54, 1.807) is 0 Å². The quantitative estimate of drug-likeness (QED) is 0.679. The molecule has 0 saturated carbocycles. The topological polar surface area (TPSA) is 38.6 Å². The second kappa shape index (κ2) is 6.95. The average molecular weight is 386 g/mol. The van der Waals surface area contributed by atoms with Crippen molar-refractivity contribution in [2.45, 2.75) is 25.8 Å². The minimum atomic E-state index is 0.815. The van der Waals surface area contributed by atoms with E-state index in [0.29, 0.717) is 0 Å². The second-order valence-corrected chi connectivity index (χ2v) is 7.05. The number of ether oxygens (including phenoxy) is 1. The molecule has 4 rings (SSSR count). The van der Waals surface area contributed by atoms with Crippen molar-refractivity contribution in [2.24, 2.45) is 0 Å². The van der Waals surface area contributed by atoms with E-state index in [1.165, 1.54) is 11.1 Å². The van der Waals surface area contributed by atoms with Crippen LogP contribution in [0.5, 0.6) is 5.75 Å². The molecule has 24 heavy (non-hydrogen) atoms. The van der Waals surface area contributed by atoms with Gasteiger partial charge in [0.25, 0.3) is 0 Å². The molecule has 0 fully saturated rings. The highest BCUT2D eigenvalue weighted by Crippen LogP contribution is 2.32. The zero-order valence-corrected chi connectivity index (χ0v) is 15.1. The van der Waals surface area contributed by atoms with Gasteiger partial charge < -0.3 is 14.5 Å². The highest BCUT2D eigenvalue weighted by Gasteiger charge is 2.15. The summed E-state index contributed by atoms with van der Waals surface area (Å²) >= 11 is 3.61. The molecule has 0 atom stereocenters. The van der Waals surface area contributed by atoms with Gasteiger partial charge in [-0.3, -0.25) is 0 Å². The number of aryl methyl sites for hydroxylation is 1. The van der Waals surface area contributed by atoms with Crippen LogP contribution >= 0.6 is 15.9 Å². The molecule has 0 amide bonds. The normalized spacial score (nSPS) is 13.7. The lowest BCUT2D eigenvalue weighted by atomic mass is 10.0. The van der Waals surface area contributed by atoms with Crippen LogP contribution in [0.25, 0.3) is 5.65 Å². The summed E-state index contributed by atoms with van der Waals surface area (Å²) in [6, 6.07) is 10.4. The molecular formula is C19H20BrN3O. The molecule has 0 unspecified atom stereocenters. The molecule has 1 aromatic carbocycles. The molecule has 2 aromatic heterocycles. The Morgan fingerprint density at radius 3 is 3.17 bits per heavy atom. The fraction of sp³-hybridized carbons (Fsp3) is 0.316. The van der Waals surface area contributed by atoms with Crippen molar-refractivity contribution < 1.29 is 4.74 Å². The van der Waals surface area contributed by atoms with E-state index in [4.69, 9.17) is 4.74 Å². The number of hydrogen-bond donors (Lipinski definition) is 1. The van der Waals surface area contributed by atoms with Gasteiger partial charge in [-0.05, 0) is 42.7 Å². The van der Waals surface area contributed by atoms with Crippen LogP contribution in [0.1, 0.15) is 23.2 Å². The Morgan fingerprint density at radius 2 is 2.25 bits per heavy atom. The molecule has 0 bridgehead atoms. The maximum atomic E-state index is 5.89. The van der Waals surface area contributed by atoms with Crippen LogP contribution in [-0.4, -0.2) is 22.5 Å². The first kappa shape index (κ1) is 15.7. The second-order valence-electron chi connectivity index (χ2n) is 6.13. The van der Waals surface area contributed by atoms with Gasteiger partial charge in [-0.1, -0.05) is 22.0 Å². The van der Waals surface area contributed by atoms with Crippen molar-refractivity contribution in [3.63, 3.8) is 0 Å². The number of benzene rings is 1. The van der Waals surface area contributed by atoms with Crippen molar-refractivity contribution >= 4 is 21.6 Å². The predicted molar refractivity (Wildman–Crippen MR) is 98.6 cm³/mol. The van der Waals surface area contributed by atoms with Crippen LogP contribution in [-0.2, 0) is 19.4 Å². The zero-order chi connectivity index (χ0) is 16.4. The number of nitrogens with zero attached hydrogens (tertiary/aromatic N) is 2. The molecule has 0 radical (unpaired) electrons. The Labute approximate surface area is 150 Å². The molecular weight excluding hydrogens is 366 g/mol. The molecule has 1 aliphatic heterocycles. The Kier molecular flexibility index (Phi) is 4.54. The summed E-state index contributed by atoms with van der Waals surface area (Å²) in [6.45, 7) is 2.53. The van der Waals surface area contributed by atoms with Crippen LogP contribution in [0.4, 0.5) is 0 Å². The lowest BCUT2D eigenvalue weighted by Crippen LogP contribution is -2.19. The van der Waals surface area contributed by atoms with Crippen molar-refractivity contribution in [3.05, 3.63) is 64.0 Å². The highest BCUT2D eigenvalue weighted by molar-refractivity contribution is 9.10. The van der Waals surface area contributed by atoms with E-state index in [1.807, 2.05) is 24.4 Å². The van der Waals surface area contributed by atoms with Gasteiger partial charge >= 0.3 is 0 Å². The number of fused-ring (bicyclic) bond motifs is 2. The third kappa shape index (κ3) is 3.32. The Bertz CT molecular complexity index is 826. The first-order valence-electron chi connectivity index (χ1n) is 8.37. The number of imidazole rings is 1. The molecule has 1 N–H and O–H groups in total. The van der Waals surface area contributed by atoms with Crippen LogP contribution in [0, 0.1) is 0 Å². The largest absolute Gasteiger partial charge is 0.493 e. The van der Waals surface area contributed by atoms with E-state index in [-0.39, 0.29) is 0 Å². The van der Waals surface area contributed by atoms with Crippen LogP contribution in [0.15, 0.2) is 47.2 Å². The number of halogens is 1. The number of aromatic nitrogens is 2. The Balaban J connectivity index is 1.38. The van der Waals surface area contributed by atoms with Gasteiger partial charge in [0.1, 0.15) is 11.4 Å². The summed E-state index contributed by atoms with van der Waals surface area (Å²) in [4.78, 5) is 4.63. The molecule has 3 heterocycles. The number of rotatable bonds is 5. The number of hydrogen-bond acceptors (Lipinski definition) is 3. The van der Waals surface area contributed by atoms with Crippen LogP contribution in [0.2, 0.25) is 0 Å². The maximum absolute atomic E-state index is 5.89. The van der Waals surface area contributed by atoms with Gasteiger partial charge in [-0.2, -0.15) is 0 Å². The van der Waals surface area contributed by atoms with Gasteiger partial charge in [-0.25, -0.2) is 4.98 Å². The lowest BCUT2D eigenvalue weighted by molar-refractivity contribution is 0.284. The van der Waals surface area contributed by atoms with Crippen molar-refractivity contribution in [3.8, 4) is 5.75 Å². The maximum Gasteiger partial charge on any atom is 0.136 e. The predicted octanol–water partition coefficient (Wildman–Crippen LogP) is 3.75. The fourth-order valence-electron chi connectivity index (χ4n) is 3.20. The highest BCUT2D eigenvalue weighted by atomic mass is 79.9. The molecule has 0 spiro atoms. The van der Waals surface area contributed by atoms with E-state index < -0.39 is 0 Å². The summed E-state index contributed by atoms with van der Waals surface area (Å²) in [5, 5.41) is 3.52. The van der Waals surface area contributed by atoms with E-state index in [2.05, 4.69) is 49.0 Å². The first-order valence-corrected chi connectivity index (χ1v) is 9.16. The Hall–Kier alpha value is -1.85. The van der Waals surface area contributed by atoms with E-state index in [9.17, 15) is 0 Å². The van der Waals surface area contributed by atoms with Crippen molar-refractivity contribution in [1.82, 2.24) is 14.7 Å². The molecule has 0 aliphatic carbocycles. The monoisotopic (exact) mass is 385 g/mol. The molecule has 3 aromatic rings. The van der Waals surface area contributed by atoms with Crippen LogP contribution < -0.4 is 10.1 Å². The van der Waals surface area contributed by atoms with Crippen molar-refractivity contribution in [1.29, 1.82) is 0 Å². The molecule has 124 valence electrons. The smallest absolute Gasteiger partial charge is 0.136 e. The minimum absolute atomic E-state index is 0.815. The van der Waals surface area contributed by atoms with E-state index in [0.717, 1.165) is 60.5 Å². The van der Waals surface area contributed by atoms with E-state index >= 15 is 0 Å². The third-order valence-corrected chi connectivity index (χ3v) is 4.79. The SMILES string of the molecule is Brc1cc2c(c(CNCCc3cn4ccccc4n3)c1)OCCC2. The van der Waals surface area contributed by atoms with Gasteiger partial charge in [0.15, 0.2) is 0 Å². The fourth-order valence-corrected chi connectivity index (χ4v) is 3.75. The lowest BCUT2D eigenvalue weighted by Gasteiger charge is -2.21. The molecule has 0 saturated heterocycles. The summed E-state index contributed by atoms with van der Waals surface area (Å²) in [5.41, 5.74) is 4.66. The van der Waals surface area contributed by atoms with Gasteiger partial charge in [0.05, 0.1) is 12.3 Å². The summed E-state index contributed by atoms with van der Waals surface area (Å²) < 4.78 is 9.08. The standard InChI is InChI=1S/C19H20BrN3O/c20-16-10-14-4-3-9-24-19(14)15(11-16)12-21-7-6-17-13-23-8-2-1-5-18(23)22-17/h1-2,5,8,10-11,13,21H,3-4,6-7,9,12H2. The average Bonchev–Trinajstić information content (AvgIpc) is 3.01. The number of pyridine rings is 1. The van der Waals surface area contributed by atoms with Crippen LogP contribution in [0.3, 0.4) is 0 Å². The summed E-state index contributed by atoms with van der Waals surface area (Å²) in [7, 11) is 0. The first-order chi connectivity index (χ1) is 11.8. The van der Waals surface area contributed by atoms with Gasteiger partial charge in [0.2, 0.25) is 0 Å². The minimum Gasteiger partial charge on any atom is -0.493 e. The summed E-state index contributed by atoms with van der Waals surface area (Å²) in [6.07, 6.45) is 7.25.